The first kappa shape index (κ1) is 33.2. The number of primary amides is 1. The van der Waals surface area contributed by atoms with E-state index in [0.29, 0.717) is 48.3 Å². The summed E-state index contributed by atoms with van der Waals surface area (Å²) in [5.41, 5.74) is 5.43. The van der Waals surface area contributed by atoms with Crippen molar-refractivity contribution in [3.05, 3.63) is 0 Å². The van der Waals surface area contributed by atoms with Gasteiger partial charge in [0.05, 0.1) is 43.6 Å². The first-order chi connectivity index (χ1) is 21.6. The molecule has 0 radical (unpaired) electrons. The van der Waals surface area contributed by atoms with Crippen LogP contribution in [0.3, 0.4) is 0 Å². The lowest BCUT2D eigenvalue weighted by Crippen LogP contribution is -2.56. The Kier molecular flexibility index (Phi) is 8.04. The molecule has 7 aliphatic rings. The number of morpholine rings is 1. The van der Waals surface area contributed by atoms with Crippen LogP contribution >= 0.6 is 0 Å². The van der Waals surface area contributed by atoms with Crippen molar-refractivity contribution in [2.24, 2.45) is 57.0 Å². The zero-order valence-corrected chi connectivity index (χ0v) is 29.4. The van der Waals surface area contributed by atoms with E-state index in [1.165, 1.54) is 39.0 Å². The predicted molar refractivity (Wildman–Crippen MR) is 172 cm³/mol. The summed E-state index contributed by atoms with van der Waals surface area (Å²) in [6.45, 7) is 17.1. The molecule has 1 amide bonds. The minimum absolute atomic E-state index is 0.0415. The molecular formula is C37H60N2O7. The van der Waals surface area contributed by atoms with Crippen molar-refractivity contribution in [2.45, 2.75) is 143 Å². The molecule has 2 heterocycles. The fourth-order valence-corrected chi connectivity index (χ4v) is 13.6. The molecule has 46 heavy (non-hydrogen) atoms. The first-order valence-corrected chi connectivity index (χ1v) is 18.4. The molecule has 2 aliphatic heterocycles. The number of carbonyl (C=O) groups excluding carboxylic acids is 2. The standard InChI is InChI=1S/C37H60N2O7/c1-21-36-15-14-35(7)24-8-10-26(32(34(5,6)42)44-22(2)40)45-27(24)18-25(35)23(36)9-11-28-33(3,4)29(12-13-37(21,28)36)46-31-20-39(16-17-43-31)19-30(38)41/h21,23-29,31-32,42H,8-20H2,1-7H3,(H2,38,41)/t21-,23-,24?,25?,26+,27?,28?,29-,31?,32-,35?,36-,37?/m0/s1. The summed E-state index contributed by atoms with van der Waals surface area (Å²) in [5.74, 6) is 2.58. The number of nitrogens with two attached hydrogens (primary N) is 1. The van der Waals surface area contributed by atoms with E-state index in [1.807, 2.05) is 0 Å². The van der Waals surface area contributed by atoms with Crippen LogP contribution in [0.4, 0.5) is 0 Å². The monoisotopic (exact) mass is 644 g/mol. The fourth-order valence-electron chi connectivity index (χ4n) is 13.6. The van der Waals surface area contributed by atoms with Crippen molar-refractivity contribution in [3.8, 4) is 0 Å². The van der Waals surface area contributed by atoms with E-state index in [-0.39, 0.29) is 53.9 Å². The molecule has 5 saturated carbocycles. The molecule has 7 fully saturated rings. The average molecular weight is 645 g/mol. The number of ether oxygens (including phenoxy) is 4. The van der Waals surface area contributed by atoms with Crippen LogP contribution in [0.2, 0.25) is 0 Å². The van der Waals surface area contributed by atoms with E-state index in [1.54, 1.807) is 13.8 Å². The van der Waals surface area contributed by atoms with Gasteiger partial charge in [0.25, 0.3) is 0 Å². The van der Waals surface area contributed by atoms with Gasteiger partial charge < -0.3 is 29.8 Å². The number of hydrogen-bond acceptors (Lipinski definition) is 8. The molecule has 260 valence electrons. The van der Waals surface area contributed by atoms with Crippen LogP contribution in [0.1, 0.15) is 106 Å². The quantitative estimate of drug-likeness (QED) is 0.384. The molecule has 2 saturated heterocycles. The van der Waals surface area contributed by atoms with Crippen molar-refractivity contribution in [3.63, 3.8) is 0 Å². The van der Waals surface area contributed by atoms with Gasteiger partial charge in [0.1, 0.15) is 0 Å². The highest BCUT2D eigenvalue weighted by Crippen LogP contribution is 2.89. The van der Waals surface area contributed by atoms with Crippen LogP contribution in [-0.2, 0) is 28.5 Å². The Labute approximate surface area is 276 Å². The molecule has 3 N–H and O–H groups in total. The molecule has 0 aromatic heterocycles. The molecule has 0 aromatic rings. The molecule has 9 heteroatoms. The molecule has 9 nitrogen and oxygen atoms in total. The summed E-state index contributed by atoms with van der Waals surface area (Å²) >= 11 is 0. The SMILES string of the molecule is CC(=O)O[C@@H]([C@H]1CCC2C(CC3[C@@H]4CCC5C(C)(C)[C@@H](OC6CN(CC(N)=O)CCO6)CCC56[C@@H](C)[C@@]46CCC23C)O1)C(C)(C)O. The van der Waals surface area contributed by atoms with E-state index in [2.05, 4.69) is 32.6 Å². The van der Waals surface area contributed by atoms with Crippen LogP contribution in [0.25, 0.3) is 0 Å². The molecule has 5 aliphatic carbocycles. The van der Waals surface area contributed by atoms with Crippen molar-refractivity contribution in [1.82, 2.24) is 4.90 Å². The van der Waals surface area contributed by atoms with Crippen LogP contribution in [0.15, 0.2) is 0 Å². The molecule has 13 atom stereocenters. The highest BCUT2D eigenvalue weighted by molar-refractivity contribution is 5.75. The third kappa shape index (κ3) is 4.79. The van der Waals surface area contributed by atoms with Gasteiger partial charge in [-0.2, -0.15) is 0 Å². The third-order valence-electron chi connectivity index (χ3n) is 15.4. The van der Waals surface area contributed by atoms with Crippen molar-refractivity contribution in [2.75, 3.05) is 26.2 Å². The second kappa shape index (κ2) is 11.1. The normalized spacial score (nSPS) is 48.6. The minimum atomic E-state index is -1.15. The number of fused-ring (bicyclic) bond motifs is 4. The van der Waals surface area contributed by atoms with E-state index >= 15 is 0 Å². The Morgan fingerprint density at radius 1 is 1.02 bits per heavy atom. The molecule has 0 bridgehead atoms. The second-order valence-corrected chi connectivity index (χ2v) is 18.0. The van der Waals surface area contributed by atoms with Gasteiger partial charge in [0.2, 0.25) is 5.91 Å². The molecule has 2 spiro atoms. The van der Waals surface area contributed by atoms with Crippen molar-refractivity contribution >= 4 is 11.9 Å². The summed E-state index contributed by atoms with van der Waals surface area (Å²) < 4.78 is 25.4. The Hall–Kier alpha value is -1.26. The Morgan fingerprint density at radius 3 is 2.46 bits per heavy atom. The summed E-state index contributed by atoms with van der Waals surface area (Å²) in [4.78, 5) is 25.6. The van der Waals surface area contributed by atoms with Gasteiger partial charge in [-0.25, -0.2) is 0 Å². The molecular weight excluding hydrogens is 584 g/mol. The molecule has 7 unspecified atom stereocenters. The highest BCUT2D eigenvalue weighted by Gasteiger charge is 2.84. The predicted octanol–water partition coefficient (Wildman–Crippen LogP) is 4.67. The van der Waals surface area contributed by atoms with Gasteiger partial charge in [-0.1, -0.05) is 27.7 Å². The lowest BCUT2D eigenvalue weighted by atomic mass is 9.46. The topological polar surface area (TPSA) is 121 Å². The van der Waals surface area contributed by atoms with Crippen molar-refractivity contribution < 1.29 is 33.6 Å². The van der Waals surface area contributed by atoms with E-state index in [4.69, 9.17) is 24.7 Å². The maximum Gasteiger partial charge on any atom is 0.303 e. The summed E-state index contributed by atoms with van der Waals surface area (Å²) in [6, 6.07) is 0. The number of carbonyl (C=O) groups is 2. The van der Waals surface area contributed by atoms with Crippen LogP contribution < -0.4 is 5.73 Å². The van der Waals surface area contributed by atoms with Gasteiger partial charge in [0, 0.05) is 13.5 Å². The van der Waals surface area contributed by atoms with E-state index in [9.17, 15) is 14.7 Å². The van der Waals surface area contributed by atoms with Gasteiger partial charge in [-0.3, -0.25) is 14.5 Å². The lowest BCUT2D eigenvalue weighted by Gasteiger charge is -2.60. The maximum absolute atomic E-state index is 12.0. The first-order valence-electron chi connectivity index (χ1n) is 18.4. The summed E-state index contributed by atoms with van der Waals surface area (Å²) in [7, 11) is 0. The molecule has 7 rings (SSSR count). The van der Waals surface area contributed by atoms with Gasteiger partial charge >= 0.3 is 5.97 Å². The number of esters is 1. The van der Waals surface area contributed by atoms with Crippen LogP contribution in [0, 0.1) is 51.2 Å². The van der Waals surface area contributed by atoms with Gasteiger partial charge in [0.15, 0.2) is 12.4 Å². The summed E-state index contributed by atoms with van der Waals surface area (Å²) in [5, 5.41) is 10.9. The molecule has 0 aromatic carbocycles. The fraction of sp³-hybridized carbons (Fsp3) is 0.946. The Bertz CT molecular complexity index is 1220. The Morgan fingerprint density at radius 2 is 1.76 bits per heavy atom. The van der Waals surface area contributed by atoms with E-state index in [0.717, 1.165) is 37.5 Å². The van der Waals surface area contributed by atoms with E-state index < -0.39 is 11.7 Å². The lowest BCUT2D eigenvalue weighted by molar-refractivity contribution is -0.245. The Balaban J connectivity index is 1.08. The minimum Gasteiger partial charge on any atom is -0.457 e. The smallest absolute Gasteiger partial charge is 0.303 e. The van der Waals surface area contributed by atoms with Gasteiger partial charge in [-0.05, 0) is 123 Å². The number of hydrogen-bond donors (Lipinski definition) is 2. The summed E-state index contributed by atoms with van der Waals surface area (Å²) in [6.07, 6.45) is 9.47. The second-order valence-electron chi connectivity index (χ2n) is 18.0. The number of rotatable bonds is 7. The van der Waals surface area contributed by atoms with Crippen LogP contribution in [-0.4, -0.2) is 84.4 Å². The largest absolute Gasteiger partial charge is 0.457 e. The number of aliphatic hydroxyl groups is 1. The third-order valence-corrected chi connectivity index (χ3v) is 15.4. The van der Waals surface area contributed by atoms with Crippen molar-refractivity contribution in [1.29, 1.82) is 0 Å². The maximum atomic E-state index is 12.0. The number of amides is 1. The zero-order chi connectivity index (χ0) is 33.0. The van der Waals surface area contributed by atoms with Crippen LogP contribution in [0.5, 0.6) is 0 Å². The number of nitrogens with zero attached hydrogens (tertiary/aromatic N) is 1. The van der Waals surface area contributed by atoms with Gasteiger partial charge in [-0.15, -0.1) is 0 Å². The zero-order valence-electron chi connectivity index (χ0n) is 29.4. The average Bonchev–Trinajstić information content (AvgIpc) is 3.34. The highest BCUT2D eigenvalue weighted by atomic mass is 16.7.